The van der Waals surface area contributed by atoms with Gasteiger partial charge in [0.2, 0.25) is 0 Å². The highest BCUT2D eigenvalue weighted by atomic mass is 14.4. The summed E-state index contributed by atoms with van der Waals surface area (Å²) < 4.78 is 0. The van der Waals surface area contributed by atoms with Crippen LogP contribution in [0.4, 0.5) is 0 Å². The highest BCUT2D eigenvalue weighted by Crippen LogP contribution is 2.45. The first-order chi connectivity index (χ1) is 6.40. The van der Waals surface area contributed by atoms with E-state index in [2.05, 4.69) is 6.92 Å². The maximum atomic E-state index is 2.36. The second kappa shape index (κ2) is 5.67. The third-order valence-electron chi connectivity index (χ3n) is 4.04. The largest absolute Gasteiger partial charge is 0.0683 e. The van der Waals surface area contributed by atoms with Gasteiger partial charge in [-0.15, -0.1) is 0 Å². The second-order valence-corrected chi connectivity index (χ2v) is 4.53. The van der Waals surface area contributed by atoms with E-state index < -0.39 is 0 Å². The molecular weight excluding hydrogens is 156 g/mol. The van der Waals surface area contributed by atoms with Gasteiger partial charge in [-0.25, -0.2) is 0 Å². The van der Waals surface area contributed by atoms with Crippen molar-refractivity contribution in [3.05, 3.63) is 0 Å². The summed E-state index contributed by atoms with van der Waals surface area (Å²) in [6.07, 6.45) is 10.7. The predicted molar refractivity (Wildman–Crippen MR) is 59.8 cm³/mol. The fourth-order valence-corrected chi connectivity index (χ4v) is 2.85. The van der Waals surface area contributed by atoms with Crippen LogP contribution in [0.25, 0.3) is 0 Å². The van der Waals surface area contributed by atoms with Crippen molar-refractivity contribution in [1.29, 1.82) is 0 Å². The molecule has 2 atom stereocenters. The van der Waals surface area contributed by atoms with Crippen molar-refractivity contribution in [3.63, 3.8) is 0 Å². The monoisotopic (exact) mass is 182 g/mol. The standard InChI is InChI=1S/C11H20.C2H6/c1-2-9-3-5-10-7-8-11(10)6-4-9;1-2/h9-11H,2-8H2,1H3;1-2H3. The molecule has 0 radical (unpaired) electrons. The van der Waals surface area contributed by atoms with Crippen LogP contribution in [-0.2, 0) is 0 Å². The van der Waals surface area contributed by atoms with E-state index in [9.17, 15) is 0 Å². The topological polar surface area (TPSA) is 0 Å². The third kappa shape index (κ3) is 2.72. The van der Waals surface area contributed by atoms with Gasteiger partial charge in [-0.2, -0.15) is 0 Å². The van der Waals surface area contributed by atoms with Gasteiger partial charge in [0.25, 0.3) is 0 Å². The second-order valence-electron chi connectivity index (χ2n) is 4.53. The van der Waals surface area contributed by atoms with Crippen LogP contribution in [0.3, 0.4) is 0 Å². The van der Waals surface area contributed by atoms with E-state index in [-0.39, 0.29) is 0 Å². The number of hydrogen-bond acceptors (Lipinski definition) is 0. The molecule has 0 bridgehead atoms. The number of fused-ring (bicyclic) bond motifs is 1. The summed E-state index contributed by atoms with van der Waals surface area (Å²) in [5.74, 6) is 3.40. The number of rotatable bonds is 1. The van der Waals surface area contributed by atoms with Gasteiger partial charge in [-0.3, -0.25) is 0 Å². The van der Waals surface area contributed by atoms with Gasteiger partial charge < -0.3 is 0 Å². The van der Waals surface area contributed by atoms with Crippen LogP contribution in [-0.4, -0.2) is 0 Å². The fourth-order valence-electron chi connectivity index (χ4n) is 2.85. The van der Waals surface area contributed by atoms with E-state index in [1.807, 2.05) is 13.8 Å². The minimum Gasteiger partial charge on any atom is -0.0683 e. The van der Waals surface area contributed by atoms with Crippen LogP contribution in [0.1, 0.15) is 65.7 Å². The van der Waals surface area contributed by atoms with E-state index in [1.165, 1.54) is 19.3 Å². The van der Waals surface area contributed by atoms with E-state index in [4.69, 9.17) is 0 Å². The molecule has 0 aromatic heterocycles. The molecule has 13 heavy (non-hydrogen) atoms. The molecule has 0 spiro atoms. The first-order valence-corrected chi connectivity index (χ1v) is 6.40. The molecule has 2 fully saturated rings. The Morgan fingerprint density at radius 2 is 1.15 bits per heavy atom. The van der Waals surface area contributed by atoms with Crippen LogP contribution >= 0.6 is 0 Å². The smallest absolute Gasteiger partial charge is 0.0386 e. The van der Waals surface area contributed by atoms with Crippen molar-refractivity contribution in [3.8, 4) is 0 Å². The first-order valence-electron chi connectivity index (χ1n) is 6.40. The van der Waals surface area contributed by atoms with Gasteiger partial charge in [0.1, 0.15) is 0 Å². The Bertz CT molecular complexity index is 114. The molecule has 2 saturated carbocycles. The molecule has 0 N–H and O–H groups in total. The lowest BCUT2D eigenvalue weighted by atomic mass is 9.71. The van der Waals surface area contributed by atoms with Crippen molar-refractivity contribution in [1.82, 2.24) is 0 Å². The lowest BCUT2D eigenvalue weighted by molar-refractivity contribution is 0.165. The van der Waals surface area contributed by atoms with E-state index in [0.29, 0.717) is 0 Å². The minimum absolute atomic E-state index is 1.08. The molecule has 0 saturated heterocycles. The summed E-state index contributed by atoms with van der Waals surface area (Å²) in [4.78, 5) is 0. The third-order valence-corrected chi connectivity index (χ3v) is 4.04. The minimum atomic E-state index is 1.08. The Morgan fingerprint density at radius 3 is 1.46 bits per heavy atom. The van der Waals surface area contributed by atoms with Crippen molar-refractivity contribution in [2.75, 3.05) is 0 Å². The maximum Gasteiger partial charge on any atom is -0.0386 e. The van der Waals surface area contributed by atoms with Gasteiger partial charge >= 0.3 is 0 Å². The van der Waals surface area contributed by atoms with Gasteiger partial charge in [0.15, 0.2) is 0 Å². The highest BCUT2D eigenvalue weighted by Gasteiger charge is 2.33. The molecule has 0 heteroatoms. The molecule has 0 nitrogen and oxygen atoms in total. The summed E-state index contributed by atoms with van der Waals surface area (Å²) >= 11 is 0. The van der Waals surface area contributed by atoms with Crippen molar-refractivity contribution >= 4 is 0 Å². The van der Waals surface area contributed by atoms with Crippen LogP contribution in [0.5, 0.6) is 0 Å². The zero-order valence-electron chi connectivity index (χ0n) is 9.68. The van der Waals surface area contributed by atoms with E-state index >= 15 is 0 Å². The summed E-state index contributed by atoms with van der Waals surface area (Å²) in [7, 11) is 0. The molecule has 2 unspecified atom stereocenters. The zero-order chi connectivity index (χ0) is 9.68. The molecule has 2 aliphatic rings. The molecule has 2 rings (SSSR count). The van der Waals surface area contributed by atoms with Crippen molar-refractivity contribution < 1.29 is 0 Å². The molecule has 0 aliphatic heterocycles. The zero-order valence-corrected chi connectivity index (χ0v) is 9.68. The van der Waals surface area contributed by atoms with Crippen LogP contribution in [0, 0.1) is 17.8 Å². The molecule has 0 aromatic carbocycles. The van der Waals surface area contributed by atoms with Gasteiger partial charge in [-0.1, -0.05) is 40.0 Å². The SMILES string of the molecule is CC.CCC1CCC2CCC2CC1. The molecule has 0 heterocycles. The van der Waals surface area contributed by atoms with Crippen LogP contribution in [0.2, 0.25) is 0 Å². The van der Waals surface area contributed by atoms with Crippen molar-refractivity contribution in [2.45, 2.75) is 65.7 Å². The summed E-state index contributed by atoms with van der Waals surface area (Å²) in [5, 5.41) is 0. The number of hydrogen-bond donors (Lipinski definition) is 0. The average Bonchev–Trinajstić information content (AvgIpc) is 2.29. The summed E-state index contributed by atoms with van der Waals surface area (Å²) in [5.41, 5.74) is 0. The van der Waals surface area contributed by atoms with Crippen LogP contribution in [0.15, 0.2) is 0 Å². The molecular formula is C13H26. The summed E-state index contributed by atoms with van der Waals surface area (Å²) in [6.45, 7) is 6.36. The van der Waals surface area contributed by atoms with Gasteiger partial charge in [0.05, 0.1) is 0 Å². The molecule has 2 aliphatic carbocycles. The fraction of sp³-hybridized carbons (Fsp3) is 1.00. The van der Waals surface area contributed by atoms with Crippen LogP contribution < -0.4 is 0 Å². The Kier molecular flexibility index (Phi) is 4.83. The van der Waals surface area contributed by atoms with E-state index in [1.54, 1.807) is 25.7 Å². The van der Waals surface area contributed by atoms with Gasteiger partial charge in [-0.05, 0) is 43.4 Å². The highest BCUT2D eigenvalue weighted by molar-refractivity contribution is 4.84. The quantitative estimate of drug-likeness (QED) is 0.554. The lowest BCUT2D eigenvalue weighted by Gasteiger charge is -2.35. The molecule has 0 aromatic rings. The predicted octanol–water partition coefficient (Wildman–Crippen LogP) is 4.64. The average molecular weight is 182 g/mol. The molecule has 78 valence electrons. The lowest BCUT2D eigenvalue weighted by Crippen LogP contribution is -2.23. The molecule has 0 amide bonds. The van der Waals surface area contributed by atoms with Crippen molar-refractivity contribution in [2.24, 2.45) is 17.8 Å². The van der Waals surface area contributed by atoms with Gasteiger partial charge in [0, 0.05) is 0 Å². The first kappa shape index (κ1) is 11.1. The summed E-state index contributed by atoms with van der Waals surface area (Å²) in [6, 6.07) is 0. The Hall–Kier alpha value is 0. The Labute approximate surface area is 84.1 Å². The Balaban J connectivity index is 0.000000396. The van der Waals surface area contributed by atoms with E-state index in [0.717, 1.165) is 17.8 Å². The normalized spacial score (nSPS) is 37.6. The maximum absolute atomic E-state index is 2.36. The Morgan fingerprint density at radius 1 is 0.769 bits per heavy atom.